The van der Waals surface area contributed by atoms with E-state index in [9.17, 15) is 13.2 Å². The molecule has 0 aliphatic carbocycles. The molecular weight excluding hydrogens is 558 g/mol. The van der Waals surface area contributed by atoms with Gasteiger partial charge in [-0.25, -0.2) is 9.71 Å². The Morgan fingerprint density at radius 1 is 1.05 bits per heavy atom. The van der Waals surface area contributed by atoms with E-state index in [0.29, 0.717) is 52.8 Å². The van der Waals surface area contributed by atoms with Crippen LogP contribution in [0.3, 0.4) is 0 Å². The molecule has 1 unspecified atom stereocenters. The number of para-hydroxylation sites is 1. The standard InChI is InChI=1S/C31H35N3O7S/c1-19-8-9-27(40-21(3)22-10-14-38-15-11-22)28-24(31(35)33-42(36,37)34-12-16-39-17-13-34)18-25(32-29(19)28)30-20(2)23-6-4-5-7-26(23)41-30/h4-9,18,21-22H,10-17H2,1-3H3,(H,33,35). The van der Waals surface area contributed by atoms with E-state index in [1.807, 2.05) is 57.2 Å². The van der Waals surface area contributed by atoms with E-state index in [1.165, 1.54) is 4.31 Å². The minimum Gasteiger partial charge on any atom is -0.490 e. The average Bonchev–Trinajstić information content (AvgIpc) is 3.35. The SMILES string of the molecule is Cc1c(-c2cc(C(=O)NS(=O)(=O)N3CCOCC3)c3c(OC(C)C4CCOCC4)ccc(C)c3n2)oc2ccccc12. The molecule has 10 nitrogen and oxygen atoms in total. The minimum atomic E-state index is -4.11. The second-order valence-electron chi connectivity index (χ2n) is 10.9. The van der Waals surface area contributed by atoms with Gasteiger partial charge in [0.25, 0.3) is 5.91 Å². The fourth-order valence-corrected chi connectivity index (χ4v) is 6.86. The van der Waals surface area contributed by atoms with Gasteiger partial charge in [-0.15, -0.1) is 0 Å². The van der Waals surface area contributed by atoms with Crippen molar-refractivity contribution in [3.05, 3.63) is 59.2 Å². The van der Waals surface area contributed by atoms with Crippen LogP contribution in [-0.2, 0) is 19.7 Å². The maximum Gasteiger partial charge on any atom is 0.304 e. The van der Waals surface area contributed by atoms with Crippen LogP contribution in [0.25, 0.3) is 33.3 Å². The summed E-state index contributed by atoms with van der Waals surface area (Å²) in [7, 11) is -4.11. The van der Waals surface area contributed by atoms with Crippen LogP contribution >= 0.6 is 0 Å². The summed E-state index contributed by atoms with van der Waals surface area (Å²) in [4.78, 5) is 18.9. The van der Waals surface area contributed by atoms with Gasteiger partial charge in [0.15, 0.2) is 5.76 Å². The van der Waals surface area contributed by atoms with Gasteiger partial charge in [-0.3, -0.25) is 4.79 Å². The summed E-state index contributed by atoms with van der Waals surface area (Å²) in [5.41, 5.74) is 3.51. The van der Waals surface area contributed by atoms with E-state index >= 15 is 0 Å². The molecule has 2 saturated heterocycles. The van der Waals surface area contributed by atoms with Crippen LogP contribution in [0.1, 0.15) is 41.3 Å². The molecule has 2 aromatic carbocycles. The summed E-state index contributed by atoms with van der Waals surface area (Å²) >= 11 is 0. The number of furan rings is 1. The third kappa shape index (κ3) is 5.49. The lowest BCUT2D eigenvalue weighted by molar-refractivity contribution is 0.0243. The van der Waals surface area contributed by atoms with E-state index in [4.69, 9.17) is 23.6 Å². The maximum absolute atomic E-state index is 13.9. The number of aromatic nitrogens is 1. The lowest BCUT2D eigenvalue weighted by Crippen LogP contribution is -2.48. The third-order valence-corrected chi connectivity index (χ3v) is 9.71. The summed E-state index contributed by atoms with van der Waals surface area (Å²) in [6.07, 6.45) is 1.61. The fraction of sp³-hybridized carbons (Fsp3) is 0.419. The highest BCUT2D eigenvalue weighted by atomic mass is 32.2. The Balaban J connectivity index is 1.48. The van der Waals surface area contributed by atoms with Crippen molar-refractivity contribution in [2.45, 2.75) is 39.7 Å². The van der Waals surface area contributed by atoms with Crippen LogP contribution in [0.15, 0.2) is 46.9 Å². The van der Waals surface area contributed by atoms with Gasteiger partial charge in [0, 0.05) is 37.3 Å². The zero-order chi connectivity index (χ0) is 29.4. The summed E-state index contributed by atoms with van der Waals surface area (Å²) in [5, 5.41) is 1.40. The fourth-order valence-electron chi connectivity index (χ4n) is 5.76. The van der Waals surface area contributed by atoms with Gasteiger partial charge in [0.1, 0.15) is 17.0 Å². The van der Waals surface area contributed by atoms with Gasteiger partial charge in [-0.2, -0.15) is 12.7 Å². The van der Waals surface area contributed by atoms with Crippen LogP contribution in [-0.4, -0.2) is 69.2 Å². The molecule has 2 fully saturated rings. The number of carbonyl (C=O) groups is 1. The summed E-state index contributed by atoms with van der Waals surface area (Å²) in [5.74, 6) is 0.519. The van der Waals surface area contributed by atoms with Crippen molar-refractivity contribution in [1.29, 1.82) is 0 Å². The molecule has 0 bridgehead atoms. The molecule has 0 saturated carbocycles. The molecule has 0 spiro atoms. The van der Waals surface area contributed by atoms with Crippen molar-refractivity contribution in [3.8, 4) is 17.2 Å². The number of aryl methyl sites for hydroxylation is 2. The van der Waals surface area contributed by atoms with Crippen molar-refractivity contribution in [3.63, 3.8) is 0 Å². The van der Waals surface area contributed by atoms with Crippen LogP contribution in [0, 0.1) is 19.8 Å². The largest absolute Gasteiger partial charge is 0.490 e. The predicted molar refractivity (Wildman–Crippen MR) is 159 cm³/mol. The number of hydrogen-bond donors (Lipinski definition) is 1. The monoisotopic (exact) mass is 593 g/mol. The van der Waals surface area contributed by atoms with E-state index < -0.39 is 16.1 Å². The first-order chi connectivity index (χ1) is 20.2. The Morgan fingerprint density at radius 2 is 1.76 bits per heavy atom. The van der Waals surface area contributed by atoms with Crippen LogP contribution in [0.5, 0.6) is 5.75 Å². The number of ether oxygens (including phenoxy) is 3. The molecule has 2 aliphatic rings. The highest BCUT2D eigenvalue weighted by Crippen LogP contribution is 2.38. The molecule has 11 heteroatoms. The van der Waals surface area contributed by atoms with Crippen molar-refractivity contribution < 1.29 is 31.8 Å². The molecule has 2 aliphatic heterocycles. The van der Waals surface area contributed by atoms with E-state index in [2.05, 4.69) is 4.72 Å². The predicted octanol–water partition coefficient (Wildman–Crippen LogP) is 4.77. The van der Waals surface area contributed by atoms with Gasteiger partial charge in [0.05, 0.1) is 35.8 Å². The van der Waals surface area contributed by atoms with Crippen molar-refractivity contribution in [1.82, 2.24) is 14.0 Å². The number of carbonyl (C=O) groups excluding carboxylic acids is 1. The van der Waals surface area contributed by atoms with E-state index in [-0.39, 0.29) is 38.0 Å². The van der Waals surface area contributed by atoms with Crippen molar-refractivity contribution >= 4 is 38.0 Å². The van der Waals surface area contributed by atoms with Crippen molar-refractivity contribution in [2.75, 3.05) is 39.5 Å². The summed E-state index contributed by atoms with van der Waals surface area (Å²) in [6, 6.07) is 13.0. The van der Waals surface area contributed by atoms with Crippen LogP contribution in [0.2, 0.25) is 0 Å². The molecule has 1 amide bonds. The third-order valence-electron chi connectivity index (χ3n) is 8.22. The summed E-state index contributed by atoms with van der Waals surface area (Å²) in [6.45, 7) is 8.10. The number of pyridine rings is 1. The molecule has 42 heavy (non-hydrogen) atoms. The van der Waals surface area contributed by atoms with Crippen molar-refractivity contribution in [2.24, 2.45) is 5.92 Å². The molecular formula is C31H35N3O7S. The molecule has 0 radical (unpaired) electrons. The Morgan fingerprint density at radius 3 is 2.50 bits per heavy atom. The number of rotatable bonds is 7. The minimum absolute atomic E-state index is 0.143. The first-order valence-corrected chi connectivity index (χ1v) is 15.7. The zero-order valence-corrected chi connectivity index (χ0v) is 24.8. The van der Waals surface area contributed by atoms with E-state index in [1.54, 1.807) is 6.07 Å². The zero-order valence-electron chi connectivity index (χ0n) is 24.0. The summed E-state index contributed by atoms with van der Waals surface area (Å²) < 4.78 is 53.5. The van der Waals surface area contributed by atoms with Gasteiger partial charge < -0.3 is 18.6 Å². The highest BCUT2D eigenvalue weighted by Gasteiger charge is 2.30. The van der Waals surface area contributed by atoms with E-state index in [0.717, 1.165) is 29.4 Å². The molecule has 1 atom stereocenters. The lowest BCUT2D eigenvalue weighted by atomic mass is 9.94. The smallest absolute Gasteiger partial charge is 0.304 e. The molecule has 1 N–H and O–H groups in total. The number of nitrogens with one attached hydrogen (secondary N) is 1. The molecule has 222 valence electrons. The molecule has 2 aromatic heterocycles. The molecule has 6 rings (SSSR count). The quantitative estimate of drug-likeness (QED) is 0.326. The number of morpholine rings is 1. The molecule has 4 heterocycles. The second kappa shape index (κ2) is 11.6. The first-order valence-electron chi connectivity index (χ1n) is 14.3. The topological polar surface area (TPSA) is 120 Å². The van der Waals surface area contributed by atoms with Gasteiger partial charge in [-0.1, -0.05) is 24.3 Å². The average molecular weight is 594 g/mol. The van der Waals surface area contributed by atoms with Crippen LogP contribution in [0.4, 0.5) is 0 Å². The van der Waals surface area contributed by atoms with Crippen LogP contribution < -0.4 is 9.46 Å². The number of nitrogens with zero attached hydrogens (tertiary/aromatic N) is 2. The van der Waals surface area contributed by atoms with Gasteiger partial charge >= 0.3 is 10.2 Å². The van der Waals surface area contributed by atoms with Gasteiger partial charge in [-0.05, 0) is 63.3 Å². The Hall–Kier alpha value is -3.51. The Labute approximate surface area is 245 Å². The number of benzene rings is 2. The second-order valence-corrected chi connectivity index (χ2v) is 12.6. The lowest BCUT2D eigenvalue weighted by Gasteiger charge is -2.29. The number of fused-ring (bicyclic) bond motifs is 2. The Bertz CT molecular complexity index is 1740. The number of hydrogen-bond acceptors (Lipinski definition) is 8. The first kappa shape index (κ1) is 28.6. The van der Waals surface area contributed by atoms with Gasteiger partial charge in [0.2, 0.25) is 0 Å². The number of amides is 1. The molecule has 4 aromatic rings. The highest BCUT2D eigenvalue weighted by molar-refractivity contribution is 7.87. The Kier molecular flexibility index (Phi) is 7.93. The normalized spacial score (nSPS) is 17.9. The maximum atomic E-state index is 13.9.